The van der Waals surface area contributed by atoms with Gasteiger partial charge in [-0.25, -0.2) is 4.79 Å². The minimum atomic E-state index is -1.21. The molecular formula is C11H13BrO3. The van der Waals surface area contributed by atoms with Gasteiger partial charge in [-0.2, -0.15) is 0 Å². The Morgan fingerprint density at radius 3 is 2.33 bits per heavy atom. The van der Waals surface area contributed by atoms with Crippen molar-refractivity contribution >= 4 is 21.9 Å². The lowest BCUT2D eigenvalue weighted by atomic mass is 10.1. The summed E-state index contributed by atoms with van der Waals surface area (Å²) in [7, 11) is 0. The van der Waals surface area contributed by atoms with Crippen molar-refractivity contribution in [3.63, 3.8) is 0 Å². The third kappa shape index (κ3) is 3.64. The van der Waals surface area contributed by atoms with Gasteiger partial charge in [0.25, 0.3) is 0 Å². The molecule has 0 aromatic heterocycles. The van der Waals surface area contributed by atoms with Crippen molar-refractivity contribution < 1.29 is 14.6 Å². The zero-order valence-electron chi connectivity index (χ0n) is 8.61. The summed E-state index contributed by atoms with van der Waals surface area (Å²) in [5.41, 5.74) is 0.531. The summed E-state index contributed by atoms with van der Waals surface area (Å²) in [5.74, 6) is -0.618. The van der Waals surface area contributed by atoms with Crippen molar-refractivity contribution in [3.8, 4) is 0 Å². The summed E-state index contributed by atoms with van der Waals surface area (Å²) in [4.78, 5) is 11.4. The zero-order valence-corrected chi connectivity index (χ0v) is 10.2. The SMILES string of the molecule is CC(C)OC(=O)[C@@H](O)c1ccc(Br)cc1. The van der Waals surface area contributed by atoms with Crippen molar-refractivity contribution in [2.24, 2.45) is 0 Å². The number of benzene rings is 1. The molecule has 0 saturated carbocycles. The molecule has 1 atom stereocenters. The molecule has 3 nitrogen and oxygen atoms in total. The van der Waals surface area contributed by atoms with Gasteiger partial charge in [0.05, 0.1) is 6.10 Å². The van der Waals surface area contributed by atoms with E-state index in [9.17, 15) is 9.90 Å². The predicted molar refractivity (Wildman–Crippen MR) is 60.3 cm³/mol. The van der Waals surface area contributed by atoms with Crippen LogP contribution in [0.5, 0.6) is 0 Å². The zero-order chi connectivity index (χ0) is 11.4. The van der Waals surface area contributed by atoms with Crippen LogP contribution < -0.4 is 0 Å². The van der Waals surface area contributed by atoms with E-state index >= 15 is 0 Å². The lowest BCUT2D eigenvalue weighted by Gasteiger charge is -2.13. The molecule has 1 rings (SSSR count). The highest BCUT2D eigenvalue weighted by molar-refractivity contribution is 9.10. The number of aliphatic hydroxyl groups is 1. The molecule has 0 fully saturated rings. The Balaban J connectivity index is 2.71. The smallest absolute Gasteiger partial charge is 0.339 e. The lowest BCUT2D eigenvalue weighted by molar-refractivity contribution is -0.157. The monoisotopic (exact) mass is 272 g/mol. The second-order valence-electron chi connectivity index (χ2n) is 3.44. The van der Waals surface area contributed by atoms with E-state index in [2.05, 4.69) is 15.9 Å². The van der Waals surface area contributed by atoms with E-state index in [1.54, 1.807) is 38.1 Å². The lowest BCUT2D eigenvalue weighted by Crippen LogP contribution is -2.19. The molecule has 1 aromatic rings. The van der Waals surface area contributed by atoms with Crippen LogP contribution in [0.1, 0.15) is 25.5 Å². The number of aliphatic hydroxyl groups excluding tert-OH is 1. The van der Waals surface area contributed by atoms with Crippen LogP contribution in [0.3, 0.4) is 0 Å². The standard InChI is InChI=1S/C11H13BrO3/c1-7(2)15-11(14)10(13)8-3-5-9(12)6-4-8/h3-7,10,13H,1-2H3/t10-/m0/s1. The molecule has 0 aliphatic carbocycles. The molecule has 0 amide bonds. The molecule has 0 radical (unpaired) electrons. The Morgan fingerprint density at radius 1 is 1.33 bits per heavy atom. The minimum absolute atomic E-state index is 0.220. The summed E-state index contributed by atoms with van der Waals surface area (Å²) >= 11 is 3.27. The van der Waals surface area contributed by atoms with Crippen LogP contribution in [0, 0.1) is 0 Å². The first kappa shape index (κ1) is 12.2. The van der Waals surface area contributed by atoms with Crippen LogP contribution in [0.15, 0.2) is 28.7 Å². The maximum atomic E-state index is 11.4. The number of hydrogen-bond acceptors (Lipinski definition) is 3. The highest BCUT2D eigenvalue weighted by atomic mass is 79.9. The Hall–Kier alpha value is -0.870. The average Bonchev–Trinajstić information content (AvgIpc) is 2.17. The molecule has 0 heterocycles. The Bertz CT molecular complexity index is 332. The first-order chi connectivity index (χ1) is 7.00. The molecule has 4 heteroatoms. The number of halogens is 1. The fourth-order valence-electron chi connectivity index (χ4n) is 1.08. The number of carbonyl (C=O) groups excluding carboxylic acids is 1. The fraction of sp³-hybridized carbons (Fsp3) is 0.364. The first-order valence-corrected chi connectivity index (χ1v) is 5.44. The van der Waals surface area contributed by atoms with E-state index in [1.807, 2.05) is 0 Å². The predicted octanol–water partition coefficient (Wildman–Crippen LogP) is 2.43. The summed E-state index contributed by atoms with van der Waals surface area (Å²) in [6, 6.07) is 6.88. The van der Waals surface area contributed by atoms with Gasteiger partial charge in [0.15, 0.2) is 6.10 Å². The van der Waals surface area contributed by atoms with Crippen LogP contribution in [-0.2, 0) is 9.53 Å². The molecule has 0 bridgehead atoms. The van der Waals surface area contributed by atoms with E-state index in [1.165, 1.54) is 0 Å². The summed E-state index contributed by atoms with van der Waals surface area (Å²) in [5, 5.41) is 9.64. The maximum absolute atomic E-state index is 11.4. The number of carbonyl (C=O) groups is 1. The van der Waals surface area contributed by atoms with Crippen LogP contribution in [0.4, 0.5) is 0 Å². The second kappa shape index (κ2) is 5.28. The quantitative estimate of drug-likeness (QED) is 0.860. The van der Waals surface area contributed by atoms with E-state index < -0.39 is 12.1 Å². The minimum Gasteiger partial charge on any atom is -0.461 e. The van der Waals surface area contributed by atoms with Crippen molar-refractivity contribution in [2.75, 3.05) is 0 Å². The van der Waals surface area contributed by atoms with Gasteiger partial charge >= 0.3 is 5.97 Å². The molecule has 1 N–H and O–H groups in total. The molecule has 0 spiro atoms. The van der Waals surface area contributed by atoms with Gasteiger partial charge in [-0.05, 0) is 31.5 Å². The van der Waals surface area contributed by atoms with Crippen LogP contribution in [0.2, 0.25) is 0 Å². The van der Waals surface area contributed by atoms with Crippen molar-refractivity contribution in [3.05, 3.63) is 34.3 Å². The molecule has 15 heavy (non-hydrogen) atoms. The maximum Gasteiger partial charge on any atom is 0.339 e. The highest BCUT2D eigenvalue weighted by Crippen LogP contribution is 2.18. The molecule has 0 unspecified atom stereocenters. The van der Waals surface area contributed by atoms with Gasteiger partial charge in [0.1, 0.15) is 0 Å². The number of rotatable bonds is 3. The number of hydrogen-bond donors (Lipinski definition) is 1. The largest absolute Gasteiger partial charge is 0.461 e. The van der Waals surface area contributed by atoms with Gasteiger partial charge in [-0.3, -0.25) is 0 Å². The van der Waals surface area contributed by atoms with Crippen molar-refractivity contribution in [2.45, 2.75) is 26.1 Å². The van der Waals surface area contributed by atoms with E-state index in [0.29, 0.717) is 5.56 Å². The van der Waals surface area contributed by atoms with E-state index in [0.717, 1.165) is 4.47 Å². The van der Waals surface area contributed by atoms with E-state index in [4.69, 9.17) is 4.74 Å². The molecule has 0 saturated heterocycles. The third-order valence-electron chi connectivity index (χ3n) is 1.76. The van der Waals surface area contributed by atoms with Gasteiger partial charge in [0.2, 0.25) is 0 Å². The summed E-state index contributed by atoms with van der Waals surface area (Å²) < 4.78 is 5.79. The summed E-state index contributed by atoms with van der Waals surface area (Å²) in [6.45, 7) is 3.48. The van der Waals surface area contributed by atoms with Gasteiger partial charge in [0, 0.05) is 4.47 Å². The molecular weight excluding hydrogens is 260 g/mol. The van der Waals surface area contributed by atoms with Gasteiger partial charge in [-0.15, -0.1) is 0 Å². The van der Waals surface area contributed by atoms with Gasteiger partial charge < -0.3 is 9.84 Å². The highest BCUT2D eigenvalue weighted by Gasteiger charge is 2.19. The topological polar surface area (TPSA) is 46.5 Å². The van der Waals surface area contributed by atoms with Crippen molar-refractivity contribution in [1.29, 1.82) is 0 Å². The van der Waals surface area contributed by atoms with E-state index in [-0.39, 0.29) is 6.10 Å². The first-order valence-electron chi connectivity index (χ1n) is 4.64. The average molecular weight is 273 g/mol. The molecule has 0 aliphatic rings. The van der Waals surface area contributed by atoms with Crippen LogP contribution in [-0.4, -0.2) is 17.2 Å². The number of esters is 1. The molecule has 82 valence electrons. The van der Waals surface area contributed by atoms with Crippen molar-refractivity contribution in [1.82, 2.24) is 0 Å². The Labute approximate surface area is 97.2 Å². The number of ether oxygens (including phenoxy) is 1. The molecule has 0 aliphatic heterocycles. The second-order valence-corrected chi connectivity index (χ2v) is 4.36. The molecule has 1 aromatic carbocycles. The van der Waals surface area contributed by atoms with Gasteiger partial charge in [-0.1, -0.05) is 28.1 Å². The van der Waals surface area contributed by atoms with Crippen LogP contribution >= 0.6 is 15.9 Å². The Kier molecular flexibility index (Phi) is 4.29. The summed E-state index contributed by atoms with van der Waals surface area (Å²) in [6.07, 6.45) is -1.43. The normalized spacial score (nSPS) is 12.6. The Morgan fingerprint density at radius 2 is 1.87 bits per heavy atom. The third-order valence-corrected chi connectivity index (χ3v) is 2.29. The van der Waals surface area contributed by atoms with Crippen LogP contribution in [0.25, 0.3) is 0 Å². The fourth-order valence-corrected chi connectivity index (χ4v) is 1.34.